The summed E-state index contributed by atoms with van der Waals surface area (Å²) in [5.74, 6) is -0.195. The Kier molecular flexibility index (Phi) is 5.79. The molecule has 3 rings (SSSR count). The fraction of sp³-hybridized carbons (Fsp3) is 0.647. The van der Waals surface area contributed by atoms with Crippen molar-refractivity contribution in [3.63, 3.8) is 0 Å². The van der Waals surface area contributed by atoms with Gasteiger partial charge in [-0.3, -0.25) is 9.59 Å². The van der Waals surface area contributed by atoms with E-state index < -0.39 is 10.2 Å². The molecule has 0 radical (unpaired) electrons. The monoisotopic (exact) mass is 382 g/mol. The number of hydrogen-bond donors (Lipinski definition) is 1. The van der Waals surface area contributed by atoms with Crippen molar-refractivity contribution in [2.45, 2.75) is 38.1 Å². The average molecular weight is 382 g/mol. The van der Waals surface area contributed by atoms with E-state index in [1.807, 2.05) is 0 Å². The van der Waals surface area contributed by atoms with Crippen molar-refractivity contribution in [1.29, 1.82) is 0 Å². The number of pyridine rings is 1. The topological polar surface area (TPSA) is 93.8 Å². The zero-order chi connectivity index (χ0) is 18.7. The second-order valence-corrected chi connectivity index (χ2v) is 8.94. The predicted molar refractivity (Wildman–Crippen MR) is 98.1 cm³/mol. The number of carbonyl (C=O) groups excluding carboxylic acids is 1. The smallest absolute Gasteiger partial charge is 0.282 e. The summed E-state index contributed by atoms with van der Waals surface area (Å²) in [6, 6.07) is 2.88. The molecule has 1 saturated heterocycles. The third kappa shape index (κ3) is 3.99. The number of aromatic nitrogens is 1. The van der Waals surface area contributed by atoms with E-state index in [-0.39, 0.29) is 30.6 Å². The number of hydrogen-bond acceptors (Lipinski definition) is 4. The van der Waals surface area contributed by atoms with Gasteiger partial charge in [0.15, 0.2) is 0 Å². The zero-order valence-electron chi connectivity index (χ0n) is 15.1. The minimum atomic E-state index is -3.50. The van der Waals surface area contributed by atoms with E-state index >= 15 is 0 Å². The third-order valence-electron chi connectivity index (χ3n) is 5.34. The zero-order valence-corrected chi connectivity index (χ0v) is 15.9. The van der Waals surface area contributed by atoms with Crippen LogP contribution in [0.25, 0.3) is 0 Å². The molecule has 9 heteroatoms. The van der Waals surface area contributed by atoms with Gasteiger partial charge in [0.1, 0.15) is 0 Å². The van der Waals surface area contributed by atoms with Crippen molar-refractivity contribution in [3.05, 3.63) is 34.2 Å². The maximum atomic E-state index is 12.9. The first-order chi connectivity index (χ1) is 12.4. The Morgan fingerprint density at radius 2 is 1.77 bits per heavy atom. The van der Waals surface area contributed by atoms with Crippen LogP contribution in [-0.4, -0.2) is 72.1 Å². The quantitative estimate of drug-likeness (QED) is 0.827. The summed E-state index contributed by atoms with van der Waals surface area (Å²) >= 11 is 0. The lowest BCUT2D eigenvalue weighted by Gasteiger charge is -2.38. The van der Waals surface area contributed by atoms with E-state index in [1.54, 1.807) is 11.9 Å². The summed E-state index contributed by atoms with van der Waals surface area (Å²) in [4.78, 5) is 27.7. The van der Waals surface area contributed by atoms with Crippen molar-refractivity contribution in [3.8, 4) is 0 Å². The maximum absolute atomic E-state index is 12.9. The maximum Gasteiger partial charge on any atom is 0.282 e. The molecule has 0 spiro atoms. The second kappa shape index (κ2) is 7.89. The molecule has 1 aliphatic carbocycles. The van der Waals surface area contributed by atoms with E-state index in [9.17, 15) is 18.0 Å². The van der Waals surface area contributed by atoms with Crippen LogP contribution in [0.2, 0.25) is 0 Å². The molecule has 0 aromatic carbocycles. The van der Waals surface area contributed by atoms with Crippen molar-refractivity contribution >= 4 is 16.1 Å². The van der Waals surface area contributed by atoms with Gasteiger partial charge in [0, 0.05) is 51.5 Å². The van der Waals surface area contributed by atoms with Gasteiger partial charge in [-0.2, -0.15) is 17.0 Å². The molecule has 26 heavy (non-hydrogen) atoms. The molecule has 8 nitrogen and oxygen atoms in total. The minimum absolute atomic E-state index is 0.0783. The Bertz CT molecular complexity index is 773. The molecule has 0 unspecified atom stereocenters. The van der Waals surface area contributed by atoms with Gasteiger partial charge in [-0.15, -0.1) is 0 Å². The summed E-state index contributed by atoms with van der Waals surface area (Å²) in [5, 5.41) is 0. The number of amides is 1. The highest BCUT2D eigenvalue weighted by atomic mass is 32.2. The van der Waals surface area contributed by atoms with Gasteiger partial charge in [-0.25, -0.2) is 0 Å². The van der Waals surface area contributed by atoms with Gasteiger partial charge in [0.25, 0.3) is 16.1 Å². The lowest BCUT2D eigenvalue weighted by Crippen LogP contribution is -2.55. The van der Waals surface area contributed by atoms with E-state index in [0.717, 1.165) is 25.7 Å². The molecule has 0 bridgehead atoms. The molecule has 144 valence electrons. The average Bonchev–Trinajstić information content (AvgIpc) is 2.68. The van der Waals surface area contributed by atoms with E-state index in [4.69, 9.17) is 0 Å². The predicted octanol–water partition coefficient (Wildman–Crippen LogP) is 0.642. The largest absolute Gasteiger partial charge is 0.336 e. The first kappa shape index (κ1) is 19.1. The van der Waals surface area contributed by atoms with Gasteiger partial charge in [0.2, 0.25) is 5.56 Å². The van der Waals surface area contributed by atoms with E-state index in [1.165, 1.54) is 33.4 Å². The molecule has 1 N–H and O–H groups in total. The first-order valence-corrected chi connectivity index (χ1v) is 10.5. The van der Waals surface area contributed by atoms with Gasteiger partial charge in [0.05, 0.1) is 5.56 Å². The molecule has 2 heterocycles. The van der Waals surface area contributed by atoms with Crippen LogP contribution in [0.3, 0.4) is 0 Å². The van der Waals surface area contributed by atoms with Gasteiger partial charge < -0.3 is 9.88 Å². The highest BCUT2D eigenvalue weighted by Gasteiger charge is 2.35. The van der Waals surface area contributed by atoms with Crippen LogP contribution in [0.15, 0.2) is 23.1 Å². The van der Waals surface area contributed by atoms with Gasteiger partial charge in [-0.1, -0.05) is 19.3 Å². The van der Waals surface area contributed by atoms with Crippen LogP contribution < -0.4 is 5.56 Å². The van der Waals surface area contributed by atoms with Crippen LogP contribution in [0.5, 0.6) is 0 Å². The number of H-pyrrole nitrogens is 1. The molecule has 1 aromatic rings. The molecule has 0 atom stereocenters. The molecule has 2 fully saturated rings. The molecule has 1 saturated carbocycles. The summed E-state index contributed by atoms with van der Waals surface area (Å²) in [6.45, 7) is 1.26. The van der Waals surface area contributed by atoms with Crippen LogP contribution in [0.1, 0.15) is 42.5 Å². The third-order valence-corrected chi connectivity index (χ3v) is 7.38. The lowest BCUT2D eigenvalue weighted by molar-refractivity contribution is 0.0692. The number of nitrogens with zero attached hydrogens (tertiary/aromatic N) is 3. The van der Waals surface area contributed by atoms with Crippen molar-refractivity contribution in [2.24, 2.45) is 0 Å². The Labute approximate surface area is 154 Å². The Morgan fingerprint density at radius 1 is 1.12 bits per heavy atom. The summed E-state index contributed by atoms with van der Waals surface area (Å²) < 4.78 is 28.7. The molecular weight excluding hydrogens is 356 g/mol. The summed E-state index contributed by atoms with van der Waals surface area (Å²) in [6.07, 6.45) is 6.55. The second-order valence-electron chi connectivity index (χ2n) is 6.95. The highest BCUT2D eigenvalue weighted by Crippen LogP contribution is 2.25. The van der Waals surface area contributed by atoms with Crippen molar-refractivity contribution in [2.75, 3.05) is 33.2 Å². The van der Waals surface area contributed by atoms with Crippen LogP contribution in [0.4, 0.5) is 0 Å². The fourth-order valence-corrected chi connectivity index (χ4v) is 5.24. The molecule has 2 aliphatic rings. The standard InChI is InChI=1S/C17H26N4O4S/c1-19(15-5-3-2-4-6-15)26(24,25)21-11-9-20(10-12-21)17(23)14-7-8-16(22)18-13-14/h7-8,13,15H,2-6,9-12H2,1H3,(H,18,22). The summed E-state index contributed by atoms with van der Waals surface area (Å²) in [7, 11) is -1.83. The Morgan fingerprint density at radius 3 is 2.35 bits per heavy atom. The summed E-state index contributed by atoms with van der Waals surface area (Å²) in [5.41, 5.74) is 0.142. The lowest BCUT2D eigenvalue weighted by atomic mass is 9.96. The number of piperazine rings is 1. The number of aromatic amines is 1. The SMILES string of the molecule is CN(C1CCCCC1)S(=O)(=O)N1CCN(C(=O)c2ccc(=O)[nH]c2)CC1. The number of carbonyl (C=O) groups is 1. The van der Waals surface area contributed by atoms with Gasteiger partial charge >= 0.3 is 0 Å². The number of rotatable bonds is 4. The molecule has 1 amide bonds. The first-order valence-electron chi connectivity index (χ1n) is 9.11. The Hall–Kier alpha value is -1.71. The van der Waals surface area contributed by atoms with Crippen LogP contribution >= 0.6 is 0 Å². The van der Waals surface area contributed by atoms with Gasteiger partial charge in [-0.05, 0) is 18.9 Å². The Balaban J connectivity index is 1.61. The normalized spacial score (nSPS) is 20.5. The highest BCUT2D eigenvalue weighted by molar-refractivity contribution is 7.86. The molecule has 1 aromatic heterocycles. The number of nitrogens with one attached hydrogen (secondary N) is 1. The minimum Gasteiger partial charge on any atom is -0.336 e. The van der Waals surface area contributed by atoms with Crippen molar-refractivity contribution < 1.29 is 13.2 Å². The van der Waals surface area contributed by atoms with E-state index in [0.29, 0.717) is 18.7 Å². The molecular formula is C17H26N4O4S. The van der Waals surface area contributed by atoms with Crippen molar-refractivity contribution in [1.82, 2.24) is 18.5 Å². The van der Waals surface area contributed by atoms with E-state index in [2.05, 4.69) is 4.98 Å². The molecule has 1 aliphatic heterocycles. The van der Waals surface area contributed by atoms with Crippen LogP contribution in [0, 0.1) is 0 Å². The van der Waals surface area contributed by atoms with Crippen LogP contribution in [-0.2, 0) is 10.2 Å². The fourth-order valence-electron chi connectivity index (χ4n) is 3.66.